The standard InChI is InChI=1S/C27H40NO4PS/c1-6-10-16-27(7-2)20-34-25-17-22(19-33(29,31-8-3)32-9-4)24(30-5)18-23(25)26(28-27)21-14-12-11-13-15-21/h11-15,17-18,26,28H,6-10,16,19-20H2,1-5H3/t26-,27-/m1/s1. The molecule has 0 fully saturated rings. The third-order valence-electron chi connectivity index (χ3n) is 6.51. The van der Waals surface area contributed by atoms with Gasteiger partial charge in [0.15, 0.2) is 0 Å². The van der Waals surface area contributed by atoms with Gasteiger partial charge in [-0.2, -0.15) is 0 Å². The molecule has 7 heteroatoms. The number of hydrogen-bond acceptors (Lipinski definition) is 6. The first kappa shape index (κ1) is 27.3. The zero-order valence-electron chi connectivity index (χ0n) is 21.3. The van der Waals surface area contributed by atoms with Crippen molar-refractivity contribution in [3.05, 3.63) is 59.2 Å². The Balaban J connectivity index is 2.09. The van der Waals surface area contributed by atoms with Crippen LogP contribution in [0.2, 0.25) is 0 Å². The number of rotatable bonds is 12. The quantitative estimate of drug-likeness (QED) is 0.300. The normalized spacial score (nSPS) is 20.6. The fraction of sp³-hybridized carbons (Fsp3) is 0.556. The average molecular weight is 506 g/mol. The molecule has 0 saturated heterocycles. The summed E-state index contributed by atoms with van der Waals surface area (Å²) in [5, 5.41) is 4.07. The lowest BCUT2D eigenvalue weighted by molar-refractivity contribution is 0.219. The van der Waals surface area contributed by atoms with Crippen LogP contribution in [0.25, 0.3) is 0 Å². The van der Waals surface area contributed by atoms with Crippen LogP contribution in [0.5, 0.6) is 5.75 Å². The van der Waals surface area contributed by atoms with Gasteiger partial charge < -0.3 is 13.8 Å². The van der Waals surface area contributed by atoms with Crippen molar-refractivity contribution in [1.82, 2.24) is 5.32 Å². The van der Waals surface area contributed by atoms with E-state index in [4.69, 9.17) is 13.8 Å². The number of methoxy groups -OCH3 is 1. The molecule has 0 unspecified atom stereocenters. The van der Waals surface area contributed by atoms with Gasteiger partial charge in [0, 0.05) is 21.8 Å². The van der Waals surface area contributed by atoms with Gasteiger partial charge >= 0.3 is 7.60 Å². The molecule has 1 aliphatic heterocycles. The first-order chi connectivity index (χ1) is 16.4. The minimum Gasteiger partial charge on any atom is -0.496 e. The van der Waals surface area contributed by atoms with Gasteiger partial charge in [0.05, 0.1) is 32.5 Å². The number of hydrogen-bond donors (Lipinski definition) is 1. The summed E-state index contributed by atoms with van der Waals surface area (Å²) in [4.78, 5) is 1.20. The van der Waals surface area contributed by atoms with E-state index in [0.29, 0.717) is 13.2 Å². The van der Waals surface area contributed by atoms with E-state index in [9.17, 15) is 4.57 Å². The van der Waals surface area contributed by atoms with Crippen molar-refractivity contribution in [2.45, 2.75) is 76.0 Å². The summed E-state index contributed by atoms with van der Waals surface area (Å²) in [6.45, 7) is 8.90. The molecule has 2 aromatic rings. The highest BCUT2D eigenvalue weighted by atomic mass is 32.2. The number of benzene rings is 2. The SMILES string of the molecule is CCCC[C@]1(CC)CSc2cc(CP(=O)(OCC)OCC)c(OC)cc2[C@@H](c2ccccc2)N1. The molecule has 0 aromatic heterocycles. The molecule has 0 saturated carbocycles. The third kappa shape index (κ3) is 6.47. The minimum atomic E-state index is -3.25. The highest BCUT2D eigenvalue weighted by molar-refractivity contribution is 7.99. The van der Waals surface area contributed by atoms with Gasteiger partial charge in [0.1, 0.15) is 5.75 Å². The summed E-state index contributed by atoms with van der Waals surface area (Å²) in [6.07, 6.45) is 4.77. The summed E-state index contributed by atoms with van der Waals surface area (Å²) in [6, 6.07) is 15.0. The number of nitrogens with one attached hydrogen (secondary N) is 1. The Morgan fingerprint density at radius 1 is 1.09 bits per heavy atom. The molecule has 34 heavy (non-hydrogen) atoms. The van der Waals surface area contributed by atoms with Crippen LogP contribution >= 0.6 is 19.4 Å². The van der Waals surface area contributed by atoms with Crippen molar-refractivity contribution < 1.29 is 18.3 Å². The smallest absolute Gasteiger partial charge is 0.335 e. The van der Waals surface area contributed by atoms with Gasteiger partial charge in [-0.1, -0.05) is 57.0 Å². The molecule has 0 radical (unpaired) electrons. The number of ether oxygens (including phenoxy) is 1. The molecule has 2 aromatic carbocycles. The van der Waals surface area contributed by atoms with Crippen molar-refractivity contribution in [2.75, 3.05) is 26.1 Å². The van der Waals surface area contributed by atoms with Gasteiger partial charge in [0.2, 0.25) is 0 Å². The second-order valence-corrected chi connectivity index (χ2v) is 11.9. The predicted molar refractivity (Wildman–Crippen MR) is 142 cm³/mol. The molecule has 5 nitrogen and oxygen atoms in total. The molecule has 0 amide bonds. The summed E-state index contributed by atoms with van der Waals surface area (Å²) in [7, 11) is -1.58. The van der Waals surface area contributed by atoms with E-state index in [2.05, 4.69) is 61.6 Å². The summed E-state index contributed by atoms with van der Waals surface area (Å²) in [5.41, 5.74) is 3.35. The van der Waals surface area contributed by atoms with E-state index in [1.54, 1.807) is 7.11 Å². The molecule has 0 bridgehead atoms. The second kappa shape index (κ2) is 12.6. The zero-order valence-corrected chi connectivity index (χ0v) is 23.0. The molecule has 2 atom stereocenters. The number of fused-ring (bicyclic) bond motifs is 1. The van der Waals surface area contributed by atoms with Crippen molar-refractivity contribution in [3.63, 3.8) is 0 Å². The summed E-state index contributed by atoms with van der Waals surface area (Å²) in [5.74, 6) is 1.71. The predicted octanol–water partition coefficient (Wildman–Crippen LogP) is 7.59. The van der Waals surface area contributed by atoms with Crippen molar-refractivity contribution in [2.24, 2.45) is 0 Å². The van der Waals surface area contributed by atoms with Crippen molar-refractivity contribution >= 4 is 19.4 Å². The molecular formula is C27H40NO4PS. The molecule has 0 aliphatic carbocycles. The summed E-state index contributed by atoms with van der Waals surface area (Å²) < 4.78 is 30.3. The number of thioether (sulfide) groups is 1. The molecular weight excluding hydrogens is 465 g/mol. The van der Waals surface area contributed by atoms with Crippen molar-refractivity contribution in [1.29, 1.82) is 0 Å². The Kier molecular flexibility index (Phi) is 10.1. The van der Waals surface area contributed by atoms with Gasteiger partial charge in [0.25, 0.3) is 0 Å². The van der Waals surface area contributed by atoms with Crippen LogP contribution in [0.15, 0.2) is 47.4 Å². The van der Waals surface area contributed by atoms with Gasteiger partial charge in [-0.3, -0.25) is 9.88 Å². The van der Waals surface area contributed by atoms with Crippen LogP contribution in [0.1, 0.15) is 76.1 Å². The monoisotopic (exact) mass is 505 g/mol. The van der Waals surface area contributed by atoms with Gasteiger partial charge in [-0.25, -0.2) is 0 Å². The van der Waals surface area contributed by atoms with Crippen LogP contribution in [-0.4, -0.2) is 31.6 Å². The van der Waals surface area contributed by atoms with Crippen molar-refractivity contribution in [3.8, 4) is 5.75 Å². The van der Waals surface area contributed by atoms with Crippen LogP contribution in [0.4, 0.5) is 0 Å². The van der Waals surface area contributed by atoms with E-state index >= 15 is 0 Å². The lowest BCUT2D eigenvalue weighted by Crippen LogP contribution is -2.48. The summed E-state index contributed by atoms with van der Waals surface area (Å²) >= 11 is 1.89. The van der Waals surface area contributed by atoms with Crippen LogP contribution in [-0.2, 0) is 19.8 Å². The van der Waals surface area contributed by atoms with E-state index in [1.807, 2.05) is 25.6 Å². The maximum atomic E-state index is 13.3. The Labute approximate surface area is 209 Å². The van der Waals surface area contributed by atoms with E-state index in [0.717, 1.165) is 29.9 Å². The topological polar surface area (TPSA) is 56.8 Å². The molecule has 3 rings (SSSR count). The molecule has 188 valence electrons. The minimum absolute atomic E-state index is 0.0412. The Bertz CT molecular complexity index is 961. The molecule has 1 N–H and O–H groups in total. The van der Waals surface area contributed by atoms with Gasteiger partial charge in [-0.05, 0) is 49.9 Å². The van der Waals surface area contributed by atoms with Crippen LogP contribution in [0, 0.1) is 0 Å². The maximum absolute atomic E-state index is 13.3. The van der Waals surface area contributed by atoms with Crippen LogP contribution < -0.4 is 10.1 Å². The fourth-order valence-electron chi connectivity index (χ4n) is 4.60. The first-order valence-electron chi connectivity index (χ1n) is 12.5. The first-order valence-corrected chi connectivity index (χ1v) is 15.2. The Morgan fingerprint density at radius 3 is 2.38 bits per heavy atom. The maximum Gasteiger partial charge on any atom is 0.335 e. The molecule has 1 aliphatic rings. The molecule has 0 spiro atoms. The largest absolute Gasteiger partial charge is 0.496 e. The van der Waals surface area contributed by atoms with E-state index in [1.165, 1.54) is 28.9 Å². The van der Waals surface area contributed by atoms with Crippen LogP contribution in [0.3, 0.4) is 0 Å². The van der Waals surface area contributed by atoms with E-state index < -0.39 is 7.60 Å². The highest BCUT2D eigenvalue weighted by Crippen LogP contribution is 2.53. The Morgan fingerprint density at radius 2 is 1.79 bits per heavy atom. The fourth-order valence-corrected chi connectivity index (χ4v) is 7.74. The average Bonchev–Trinajstić information content (AvgIpc) is 3.00. The third-order valence-corrected chi connectivity index (χ3v) is 9.91. The Hall–Kier alpha value is -1.30. The number of unbranched alkanes of at least 4 members (excludes halogenated alkanes) is 1. The second-order valence-electron chi connectivity index (χ2n) is 8.82. The van der Waals surface area contributed by atoms with Gasteiger partial charge in [-0.15, -0.1) is 11.8 Å². The lowest BCUT2D eigenvalue weighted by Gasteiger charge is -2.36. The van der Waals surface area contributed by atoms with E-state index in [-0.39, 0.29) is 17.7 Å². The zero-order chi connectivity index (χ0) is 24.6. The molecule has 1 heterocycles. The lowest BCUT2D eigenvalue weighted by atomic mass is 9.88. The highest BCUT2D eigenvalue weighted by Gasteiger charge is 2.36.